The first kappa shape index (κ1) is 16.6. The van der Waals surface area contributed by atoms with Crippen molar-refractivity contribution in [3.8, 4) is 0 Å². The molecule has 0 spiro atoms. The highest BCUT2D eigenvalue weighted by atomic mass is 16.2. The number of carbonyl (C=O) groups is 2. The molecule has 2 saturated heterocycles. The lowest BCUT2D eigenvalue weighted by Gasteiger charge is -2.21. The van der Waals surface area contributed by atoms with Crippen LogP contribution in [0.3, 0.4) is 0 Å². The second kappa shape index (κ2) is 8.04. The molecule has 0 atom stereocenters. The summed E-state index contributed by atoms with van der Waals surface area (Å²) in [7, 11) is 0. The normalized spacial score (nSPS) is 17.4. The lowest BCUT2D eigenvalue weighted by molar-refractivity contribution is -0.127. The van der Waals surface area contributed by atoms with Crippen molar-refractivity contribution in [3.05, 3.63) is 24.3 Å². The maximum atomic E-state index is 12.1. The van der Waals surface area contributed by atoms with Crippen LogP contribution in [0.2, 0.25) is 0 Å². The van der Waals surface area contributed by atoms with Gasteiger partial charge in [0.05, 0.1) is 11.4 Å². The Morgan fingerprint density at radius 2 is 1.88 bits per heavy atom. The number of nitrogens with one attached hydrogen (secondary N) is 2. The number of nitrogens with zero attached hydrogens (tertiary/aromatic N) is 2. The van der Waals surface area contributed by atoms with Crippen LogP contribution in [0.4, 0.5) is 16.2 Å². The maximum absolute atomic E-state index is 12.1. The number of amides is 3. The molecule has 0 bridgehead atoms. The zero-order valence-electron chi connectivity index (χ0n) is 14.1. The predicted octanol–water partition coefficient (Wildman–Crippen LogP) is 2.42. The molecule has 0 radical (unpaired) electrons. The Hall–Kier alpha value is -2.24. The van der Waals surface area contributed by atoms with Gasteiger partial charge in [0.1, 0.15) is 0 Å². The summed E-state index contributed by atoms with van der Waals surface area (Å²) in [5.74, 6) is 0.235. The highest BCUT2D eigenvalue weighted by molar-refractivity contribution is 5.93. The third kappa shape index (κ3) is 4.19. The van der Waals surface area contributed by atoms with Gasteiger partial charge in [0.25, 0.3) is 0 Å². The molecule has 0 unspecified atom stereocenters. The molecule has 0 saturated carbocycles. The number of para-hydroxylation sites is 2. The average Bonchev–Trinajstić information content (AvgIpc) is 3.24. The van der Waals surface area contributed by atoms with E-state index >= 15 is 0 Å². The number of likely N-dealkylation sites (tertiary alicyclic amines) is 1. The molecule has 2 heterocycles. The first-order valence-electron chi connectivity index (χ1n) is 8.90. The minimum absolute atomic E-state index is 0.186. The van der Waals surface area contributed by atoms with Crippen molar-refractivity contribution in [2.24, 2.45) is 0 Å². The van der Waals surface area contributed by atoms with Gasteiger partial charge in [-0.2, -0.15) is 0 Å². The van der Waals surface area contributed by atoms with E-state index in [0.29, 0.717) is 13.0 Å². The molecule has 0 aromatic heterocycles. The largest absolute Gasteiger partial charge is 0.370 e. The number of rotatable bonds is 6. The van der Waals surface area contributed by atoms with Gasteiger partial charge in [-0.1, -0.05) is 12.1 Å². The monoisotopic (exact) mass is 330 g/mol. The fourth-order valence-corrected chi connectivity index (χ4v) is 3.39. The molecular weight excluding hydrogens is 304 g/mol. The van der Waals surface area contributed by atoms with Crippen molar-refractivity contribution in [1.82, 2.24) is 10.2 Å². The number of carbonyl (C=O) groups excluding carboxylic acids is 2. The highest BCUT2D eigenvalue weighted by Gasteiger charge is 2.19. The Morgan fingerprint density at radius 1 is 1.08 bits per heavy atom. The second-order valence-corrected chi connectivity index (χ2v) is 6.43. The Bertz CT molecular complexity index is 584. The minimum Gasteiger partial charge on any atom is -0.370 e. The van der Waals surface area contributed by atoms with Crippen molar-refractivity contribution in [1.29, 1.82) is 0 Å². The average molecular weight is 330 g/mol. The first-order chi connectivity index (χ1) is 11.7. The molecule has 24 heavy (non-hydrogen) atoms. The lowest BCUT2D eigenvalue weighted by atomic mass is 10.2. The van der Waals surface area contributed by atoms with Crippen LogP contribution in [0, 0.1) is 0 Å². The van der Waals surface area contributed by atoms with Gasteiger partial charge in [-0.15, -0.1) is 0 Å². The van der Waals surface area contributed by atoms with E-state index in [4.69, 9.17) is 0 Å². The van der Waals surface area contributed by atoms with Gasteiger partial charge in [0.15, 0.2) is 0 Å². The Balaban J connectivity index is 1.44. The number of hydrogen-bond acceptors (Lipinski definition) is 3. The van der Waals surface area contributed by atoms with Crippen LogP contribution in [0.5, 0.6) is 0 Å². The molecular formula is C18H26N4O2. The van der Waals surface area contributed by atoms with Crippen LogP contribution in [0.15, 0.2) is 24.3 Å². The molecule has 6 heteroatoms. The van der Waals surface area contributed by atoms with E-state index in [1.807, 2.05) is 23.1 Å². The molecule has 0 aliphatic carbocycles. The van der Waals surface area contributed by atoms with Gasteiger partial charge in [-0.05, 0) is 37.8 Å². The Morgan fingerprint density at radius 3 is 2.62 bits per heavy atom. The first-order valence-corrected chi connectivity index (χ1v) is 8.90. The van der Waals surface area contributed by atoms with Crippen molar-refractivity contribution in [3.63, 3.8) is 0 Å². The van der Waals surface area contributed by atoms with Crippen LogP contribution in [-0.4, -0.2) is 49.6 Å². The summed E-state index contributed by atoms with van der Waals surface area (Å²) >= 11 is 0. The second-order valence-electron chi connectivity index (χ2n) is 6.43. The standard InChI is InChI=1S/C18H26N4O2/c23-17-9-5-13-22(17)14-6-10-19-18(24)20-15-7-1-2-8-16(15)21-11-3-4-12-21/h1-2,7-8H,3-6,9-14H2,(H2,19,20,24). The zero-order valence-corrected chi connectivity index (χ0v) is 14.1. The summed E-state index contributed by atoms with van der Waals surface area (Å²) in [6.07, 6.45) is 4.82. The molecule has 1 aromatic rings. The van der Waals surface area contributed by atoms with Gasteiger partial charge in [0.2, 0.25) is 5.91 Å². The van der Waals surface area contributed by atoms with Gasteiger partial charge in [-0.3, -0.25) is 4.79 Å². The van der Waals surface area contributed by atoms with Crippen LogP contribution < -0.4 is 15.5 Å². The molecule has 3 rings (SSSR count). The third-order valence-electron chi connectivity index (χ3n) is 4.66. The van der Waals surface area contributed by atoms with Crippen molar-refractivity contribution in [2.75, 3.05) is 42.9 Å². The Labute approximate surface area is 143 Å². The summed E-state index contributed by atoms with van der Waals surface area (Å²) in [4.78, 5) is 27.8. The highest BCUT2D eigenvalue weighted by Crippen LogP contribution is 2.28. The molecule has 3 amide bonds. The predicted molar refractivity (Wildman–Crippen MR) is 95.3 cm³/mol. The van der Waals surface area contributed by atoms with Crippen molar-refractivity contribution < 1.29 is 9.59 Å². The van der Waals surface area contributed by atoms with Gasteiger partial charge in [-0.25, -0.2) is 4.79 Å². The van der Waals surface area contributed by atoms with Crippen LogP contribution in [-0.2, 0) is 4.79 Å². The van der Waals surface area contributed by atoms with Gasteiger partial charge >= 0.3 is 6.03 Å². The van der Waals surface area contributed by atoms with E-state index in [2.05, 4.69) is 21.6 Å². The van der Waals surface area contributed by atoms with Gasteiger partial charge < -0.3 is 20.4 Å². The van der Waals surface area contributed by atoms with E-state index in [0.717, 1.165) is 50.4 Å². The summed E-state index contributed by atoms with van der Waals surface area (Å²) in [5.41, 5.74) is 1.94. The molecule has 130 valence electrons. The van der Waals surface area contributed by atoms with E-state index in [9.17, 15) is 9.59 Å². The third-order valence-corrected chi connectivity index (χ3v) is 4.66. The fraction of sp³-hybridized carbons (Fsp3) is 0.556. The Kier molecular flexibility index (Phi) is 5.56. The quantitative estimate of drug-likeness (QED) is 0.787. The van der Waals surface area contributed by atoms with E-state index < -0.39 is 0 Å². The molecule has 2 aliphatic rings. The minimum atomic E-state index is -0.186. The van der Waals surface area contributed by atoms with E-state index in [1.54, 1.807) is 0 Å². The van der Waals surface area contributed by atoms with Crippen molar-refractivity contribution >= 4 is 23.3 Å². The number of urea groups is 1. The van der Waals surface area contributed by atoms with E-state index in [-0.39, 0.29) is 11.9 Å². The molecule has 6 nitrogen and oxygen atoms in total. The van der Waals surface area contributed by atoms with Crippen molar-refractivity contribution in [2.45, 2.75) is 32.1 Å². The summed E-state index contributed by atoms with van der Waals surface area (Å²) in [5, 5.41) is 5.83. The fourth-order valence-electron chi connectivity index (χ4n) is 3.39. The molecule has 2 N–H and O–H groups in total. The lowest BCUT2D eigenvalue weighted by Crippen LogP contribution is -2.33. The molecule has 2 aliphatic heterocycles. The summed E-state index contributed by atoms with van der Waals surface area (Å²) in [6.45, 7) is 4.24. The topological polar surface area (TPSA) is 64.7 Å². The smallest absolute Gasteiger partial charge is 0.319 e. The molecule has 1 aromatic carbocycles. The number of anilines is 2. The summed E-state index contributed by atoms with van der Waals surface area (Å²) in [6, 6.07) is 7.75. The SMILES string of the molecule is O=C(NCCCN1CCCC1=O)Nc1ccccc1N1CCCC1. The van der Waals surface area contributed by atoms with Crippen LogP contribution >= 0.6 is 0 Å². The number of hydrogen-bond donors (Lipinski definition) is 2. The van der Waals surface area contributed by atoms with Crippen LogP contribution in [0.25, 0.3) is 0 Å². The molecule has 2 fully saturated rings. The van der Waals surface area contributed by atoms with E-state index in [1.165, 1.54) is 12.8 Å². The summed E-state index contributed by atoms with van der Waals surface area (Å²) < 4.78 is 0. The number of benzene rings is 1. The maximum Gasteiger partial charge on any atom is 0.319 e. The van der Waals surface area contributed by atoms with Crippen LogP contribution in [0.1, 0.15) is 32.1 Å². The zero-order chi connectivity index (χ0) is 16.8. The van der Waals surface area contributed by atoms with Gasteiger partial charge in [0, 0.05) is 39.1 Å².